The highest BCUT2D eigenvalue weighted by Gasteiger charge is 2.49. The van der Waals surface area contributed by atoms with Gasteiger partial charge in [0.2, 0.25) is 0 Å². The van der Waals surface area contributed by atoms with Gasteiger partial charge in [-0.15, -0.1) is 22.0 Å². The van der Waals surface area contributed by atoms with Gasteiger partial charge in [-0.05, 0) is 113 Å². The van der Waals surface area contributed by atoms with E-state index < -0.39 is 5.60 Å². The van der Waals surface area contributed by atoms with Crippen LogP contribution in [0.1, 0.15) is 106 Å². The number of carbonyl (C=O) groups excluding carboxylic acids is 2. The number of rotatable bonds is 10. The van der Waals surface area contributed by atoms with E-state index >= 15 is 0 Å². The summed E-state index contributed by atoms with van der Waals surface area (Å²) in [5.41, 5.74) is 2.27. The Hall–Kier alpha value is -4.11. The number of pyridine rings is 1. The number of aryl methyl sites for hydroxylation is 1. The Kier molecular flexibility index (Phi) is 8.96. The molecular weight excluding hydrogens is 625 g/mol. The first-order chi connectivity index (χ1) is 22.8. The van der Waals surface area contributed by atoms with Crippen LogP contribution in [0.2, 0.25) is 0 Å². The Morgan fingerprint density at radius 3 is 2.56 bits per heavy atom. The Labute approximate surface area is 287 Å². The number of thioether (sulfide) groups is 1. The van der Waals surface area contributed by atoms with E-state index in [2.05, 4.69) is 41.5 Å². The molecule has 2 aliphatic carbocycles. The molecule has 1 aliphatic heterocycles. The van der Waals surface area contributed by atoms with Crippen LogP contribution in [0.4, 0.5) is 16.4 Å². The monoisotopic (exact) mass is 670 g/mol. The van der Waals surface area contributed by atoms with Gasteiger partial charge in [0.15, 0.2) is 0 Å². The summed E-state index contributed by atoms with van der Waals surface area (Å²) < 4.78 is 7.82. The minimum Gasteiger partial charge on any atom is -0.444 e. The topological polar surface area (TPSA) is 129 Å². The summed E-state index contributed by atoms with van der Waals surface area (Å²) in [6.45, 7) is 11.2. The summed E-state index contributed by atoms with van der Waals surface area (Å²) >= 11 is 1.60. The molecule has 2 fully saturated rings. The number of hydrogen-bond acceptors (Lipinski definition) is 9. The van der Waals surface area contributed by atoms with Gasteiger partial charge in [0.05, 0.1) is 24.4 Å². The number of benzene rings is 1. The summed E-state index contributed by atoms with van der Waals surface area (Å²) in [5.74, 6) is 2.45. The first-order valence-electron chi connectivity index (χ1n) is 16.8. The molecule has 11 nitrogen and oxygen atoms in total. The first kappa shape index (κ1) is 33.8. The van der Waals surface area contributed by atoms with Crippen LogP contribution in [0.15, 0.2) is 35.5 Å². The van der Waals surface area contributed by atoms with Gasteiger partial charge >= 0.3 is 6.09 Å². The molecule has 3 heterocycles. The number of anilines is 2. The second kappa shape index (κ2) is 12.7. The highest BCUT2D eigenvalue weighted by Crippen LogP contribution is 2.52. The lowest BCUT2D eigenvalue weighted by molar-refractivity contribution is -0.0238. The van der Waals surface area contributed by atoms with E-state index in [1.165, 1.54) is 0 Å². The van der Waals surface area contributed by atoms with Crippen LogP contribution in [0.25, 0.3) is 0 Å². The standard InChI is InChI=1S/C36H46N8O3S/c1-23-18-36(19-23,32-41-39-22-42(32)6)25-16-29(38-13-9-12-37)40-30(17-25)43-21-27-26(31(43)45)14-24(15-28(27)48-7)20-44(35(5)10-8-11-35)33(46)47-34(2,3)4/h14-17,22-23H,8-11,13,18-21H2,1-7H3,(H,38,40). The molecule has 1 aromatic carbocycles. The Balaban J connectivity index is 1.36. The van der Waals surface area contributed by atoms with Gasteiger partial charge in [-0.25, -0.2) is 9.78 Å². The molecule has 48 heavy (non-hydrogen) atoms. The van der Waals surface area contributed by atoms with Gasteiger partial charge in [0.25, 0.3) is 5.91 Å². The largest absolute Gasteiger partial charge is 0.444 e. The van der Waals surface area contributed by atoms with Crippen LogP contribution in [-0.2, 0) is 30.3 Å². The van der Waals surface area contributed by atoms with Crippen LogP contribution < -0.4 is 10.2 Å². The molecule has 2 aromatic heterocycles. The van der Waals surface area contributed by atoms with E-state index in [4.69, 9.17) is 9.72 Å². The van der Waals surface area contributed by atoms with Crippen LogP contribution >= 0.6 is 11.8 Å². The summed E-state index contributed by atoms with van der Waals surface area (Å²) in [6, 6.07) is 10.3. The molecule has 2 amide bonds. The van der Waals surface area contributed by atoms with Crippen molar-refractivity contribution in [2.75, 3.05) is 23.0 Å². The van der Waals surface area contributed by atoms with Gasteiger partial charge in [-0.2, -0.15) is 5.26 Å². The lowest BCUT2D eigenvalue weighted by Gasteiger charge is -2.47. The van der Waals surface area contributed by atoms with Crippen molar-refractivity contribution in [2.45, 2.75) is 108 Å². The van der Waals surface area contributed by atoms with Crippen LogP contribution in [-0.4, -0.2) is 60.6 Å². The van der Waals surface area contributed by atoms with Gasteiger partial charge in [0.1, 0.15) is 29.4 Å². The highest BCUT2D eigenvalue weighted by molar-refractivity contribution is 7.98. The fourth-order valence-electron chi connectivity index (χ4n) is 7.49. The van der Waals surface area contributed by atoms with E-state index in [1.807, 2.05) is 61.7 Å². The minimum absolute atomic E-state index is 0.122. The molecule has 2 saturated carbocycles. The zero-order valence-corrected chi connectivity index (χ0v) is 29.9. The summed E-state index contributed by atoms with van der Waals surface area (Å²) in [5, 5.41) is 21.2. The zero-order chi connectivity index (χ0) is 34.4. The van der Waals surface area contributed by atoms with Crippen molar-refractivity contribution < 1.29 is 14.3 Å². The number of nitriles is 1. The van der Waals surface area contributed by atoms with Crippen molar-refractivity contribution in [3.63, 3.8) is 0 Å². The van der Waals surface area contributed by atoms with Gasteiger partial charge in [-0.1, -0.05) is 6.92 Å². The third-order valence-electron chi connectivity index (χ3n) is 10.0. The lowest BCUT2D eigenvalue weighted by atomic mass is 9.58. The van der Waals surface area contributed by atoms with E-state index in [-0.39, 0.29) is 23.0 Å². The normalized spacial score (nSPS) is 21.2. The average Bonchev–Trinajstić information content (AvgIpc) is 3.58. The maximum atomic E-state index is 14.3. The molecular formula is C36H46N8O3S. The highest BCUT2D eigenvalue weighted by atomic mass is 32.2. The molecule has 0 spiro atoms. The molecule has 0 saturated heterocycles. The minimum atomic E-state index is -0.610. The maximum Gasteiger partial charge on any atom is 0.411 e. The van der Waals surface area contributed by atoms with Crippen LogP contribution in [0.3, 0.4) is 0 Å². The van der Waals surface area contributed by atoms with E-state index in [0.717, 1.165) is 59.5 Å². The molecule has 12 heteroatoms. The Morgan fingerprint density at radius 2 is 1.98 bits per heavy atom. The van der Waals surface area contributed by atoms with Crippen molar-refractivity contribution in [3.8, 4) is 6.07 Å². The molecule has 6 rings (SSSR count). The molecule has 1 N–H and O–H groups in total. The third kappa shape index (κ3) is 6.25. The van der Waals surface area contributed by atoms with Gasteiger partial charge < -0.3 is 14.6 Å². The Bertz CT molecular complexity index is 1760. The predicted octanol–water partition coefficient (Wildman–Crippen LogP) is 6.81. The smallest absolute Gasteiger partial charge is 0.411 e. The Morgan fingerprint density at radius 1 is 1.23 bits per heavy atom. The van der Waals surface area contributed by atoms with Crippen molar-refractivity contribution >= 4 is 35.4 Å². The van der Waals surface area contributed by atoms with Crippen molar-refractivity contribution in [2.24, 2.45) is 13.0 Å². The lowest BCUT2D eigenvalue weighted by Crippen LogP contribution is -2.54. The predicted molar refractivity (Wildman–Crippen MR) is 186 cm³/mol. The van der Waals surface area contributed by atoms with E-state index in [1.54, 1.807) is 23.0 Å². The zero-order valence-electron chi connectivity index (χ0n) is 29.1. The van der Waals surface area contributed by atoms with Crippen molar-refractivity contribution in [1.82, 2.24) is 24.6 Å². The second-order valence-corrected chi connectivity index (χ2v) is 15.8. The van der Waals surface area contributed by atoms with Crippen molar-refractivity contribution in [3.05, 3.63) is 58.7 Å². The van der Waals surface area contributed by atoms with E-state index in [0.29, 0.717) is 49.2 Å². The van der Waals surface area contributed by atoms with Crippen LogP contribution in [0.5, 0.6) is 0 Å². The number of carbonyl (C=O) groups is 2. The average molecular weight is 671 g/mol. The maximum absolute atomic E-state index is 14.3. The second-order valence-electron chi connectivity index (χ2n) is 14.9. The number of ether oxygens (including phenoxy) is 1. The number of fused-ring (bicyclic) bond motifs is 1. The summed E-state index contributed by atoms with van der Waals surface area (Å²) in [4.78, 5) is 37.3. The molecule has 0 atom stereocenters. The number of nitrogens with one attached hydrogen (secondary N) is 1. The number of hydrogen-bond donors (Lipinski definition) is 1. The molecule has 3 aliphatic rings. The number of aromatic nitrogens is 4. The SMILES string of the molecule is CSc1cc(CN(C(=O)OC(C)(C)C)C2(C)CCC2)cc2c1CN(c1cc(C3(c4nncn4C)CC(C)C3)cc(NCCC#N)n1)C2=O. The molecule has 0 radical (unpaired) electrons. The third-order valence-corrected chi connectivity index (χ3v) is 10.8. The molecule has 3 aromatic rings. The number of amides is 2. The fraction of sp³-hybridized carbons (Fsp3) is 0.556. The number of nitrogens with zero attached hydrogens (tertiary/aromatic N) is 7. The van der Waals surface area contributed by atoms with E-state index in [9.17, 15) is 14.9 Å². The van der Waals surface area contributed by atoms with Crippen molar-refractivity contribution in [1.29, 1.82) is 5.26 Å². The molecule has 0 bridgehead atoms. The quantitative estimate of drug-likeness (QED) is 0.183. The first-order valence-corrected chi connectivity index (χ1v) is 18.0. The van der Waals surface area contributed by atoms with Crippen LogP contribution in [0, 0.1) is 17.2 Å². The fourth-order valence-corrected chi connectivity index (χ4v) is 8.18. The van der Waals surface area contributed by atoms with Gasteiger partial charge in [0, 0.05) is 36.1 Å². The molecule has 254 valence electrons. The molecule has 0 unspecified atom stereocenters. The summed E-state index contributed by atoms with van der Waals surface area (Å²) in [6.07, 6.45) is 8.46. The summed E-state index contributed by atoms with van der Waals surface area (Å²) in [7, 11) is 1.96. The van der Waals surface area contributed by atoms with Gasteiger partial charge in [-0.3, -0.25) is 14.6 Å².